The average Bonchev–Trinajstić information content (AvgIpc) is 2.95. The number of hydrogen-bond donors (Lipinski definition) is 3. The molecule has 2 aliphatic heterocycles. The summed E-state index contributed by atoms with van der Waals surface area (Å²) in [6, 6.07) is 17.6. The minimum Gasteiger partial charge on any atom is -0.449 e. The molecule has 3 N–H and O–H groups in total. The van der Waals surface area contributed by atoms with Crippen molar-refractivity contribution in [3.63, 3.8) is 0 Å². The van der Waals surface area contributed by atoms with Crippen LogP contribution in [0.4, 0.5) is 16.2 Å². The number of fused-ring (bicyclic) bond motifs is 10. The molecule has 2 amide bonds. The van der Waals surface area contributed by atoms with E-state index >= 15 is 0 Å². The van der Waals surface area contributed by atoms with E-state index in [0.717, 1.165) is 39.5 Å². The normalized spacial score (nSPS) is 15.9. The summed E-state index contributed by atoms with van der Waals surface area (Å²) in [7, 11) is 0. The molecule has 0 saturated carbocycles. The summed E-state index contributed by atoms with van der Waals surface area (Å²) in [5, 5.41) is 7.45. The molecule has 1 aromatic heterocycles. The Labute approximate surface area is 237 Å². The molecule has 0 spiro atoms. The first-order chi connectivity index (χ1) is 19.8. The lowest BCUT2D eigenvalue weighted by Crippen LogP contribution is -2.38. The molecule has 1 unspecified atom stereocenters. The Morgan fingerprint density at radius 2 is 1.83 bits per heavy atom. The highest BCUT2D eigenvalue weighted by Crippen LogP contribution is 2.29. The number of carbonyl (C=O) groups excluding carboxylic acids is 3. The fourth-order valence-electron chi connectivity index (χ4n) is 5.34. The molecule has 4 bridgehead atoms. The lowest BCUT2D eigenvalue weighted by atomic mass is 9.93. The Morgan fingerprint density at radius 1 is 1.02 bits per heavy atom. The van der Waals surface area contributed by atoms with Gasteiger partial charge in [-0.05, 0) is 77.4 Å². The van der Waals surface area contributed by atoms with E-state index in [0.29, 0.717) is 23.2 Å². The number of anilines is 2. The van der Waals surface area contributed by atoms with Crippen LogP contribution in [-0.4, -0.2) is 41.3 Å². The molecule has 0 fully saturated rings. The van der Waals surface area contributed by atoms with Gasteiger partial charge in [-0.3, -0.25) is 14.9 Å². The lowest BCUT2D eigenvalue weighted by Gasteiger charge is -2.29. The number of hydrogen-bond acceptors (Lipinski definition) is 6. The minimum absolute atomic E-state index is 0.172. The van der Waals surface area contributed by atoms with Crippen LogP contribution in [0.1, 0.15) is 40.3 Å². The van der Waals surface area contributed by atoms with Gasteiger partial charge in [0.05, 0.1) is 6.61 Å². The van der Waals surface area contributed by atoms with Crippen LogP contribution in [-0.2, 0) is 27.3 Å². The van der Waals surface area contributed by atoms with Gasteiger partial charge in [0.25, 0.3) is 5.56 Å². The van der Waals surface area contributed by atoms with Crippen molar-refractivity contribution in [2.24, 2.45) is 0 Å². The molecular weight excluding hydrogens is 520 g/mol. The Balaban J connectivity index is 1.61. The molecule has 3 aromatic carbocycles. The van der Waals surface area contributed by atoms with Crippen LogP contribution in [0.3, 0.4) is 0 Å². The van der Waals surface area contributed by atoms with Crippen molar-refractivity contribution in [3.8, 4) is 0 Å². The fraction of sp³-hybridized carbons (Fsp3) is 0.250. The van der Waals surface area contributed by atoms with E-state index in [1.165, 1.54) is 0 Å². The molecule has 0 aliphatic carbocycles. The van der Waals surface area contributed by atoms with Crippen LogP contribution in [0.15, 0.2) is 71.7 Å². The Hall–Kier alpha value is -4.92. The first-order valence-corrected chi connectivity index (χ1v) is 13.6. The second-order valence-corrected chi connectivity index (χ2v) is 10.2. The summed E-state index contributed by atoms with van der Waals surface area (Å²) in [5.41, 5.74) is 5.47. The van der Waals surface area contributed by atoms with Crippen molar-refractivity contribution in [2.75, 3.05) is 23.8 Å². The molecule has 0 radical (unpaired) electrons. The van der Waals surface area contributed by atoms with Crippen molar-refractivity contribution in [1.29, 1.82) is 0 Å². The van der Waals surface area contributed by atoms with Crippen molar-refractivity contribution in [2.45, 2.75) is 39.3 Å². The highest BCUT2D eigenvalue weighted by Gasteiger charge is 2.28. The lowest BCUT2D eigenvalue weighted by molar-refractivity contribution is -0.133. The van der Waals surface area contributed by atoms with Gasteiger partial charge in [0.15, 0.2) is 0 Å². The van der Waals surface area contributed by atoms with Crippen LogP contribution < -0.4 is 16.2 Å². The number of amides is 2. The molecular formula is C32H32N4O5. The van der Waals surface area contributed by atoms with Gasteiger partial charge < -0.3 is 24.7 Å². The number of ether oxygens (including phenoxy) is 1. The molecule has 1 atom stereocenters. The number of aldehydes is 1. The maximum Gasteiger partial charge on any atom is 0.411 e. The summed E-state index contributed by atoms with van der Waals surface area (Å²) in [6.07, 6.45) is 2.55. The molecule has 2 aliphatic rings. The van der Waals surface area contributed by atoms with Crippen LogP contribution in [0.25, 0.3) is 10.8 Å². The highest BCUT2D eigenvalue weighted by molar-refractivity contribution is 5.89. The van der Waals surface area contributed by atoms with Gasteiger partial charge >= 0.3 is 6.09 Å². The molecule has 0 saturated heterocycles. The van der Waals surface area contributed by atoms with E-state index in [2.05, 4.69) is 15.6 Å². The van der Waals surface area contributed by atoms with Crippen LogP contribution in [0.2, 0.25) is 0 Å². The van der Waals surface area contributed by atoms with E-state index < -0.39 is 12.1 Å². The topological polar surface area (TPSA) is 121 Å². The highest BCUT2D eigenvalue weighted by atomic mass is 16.5. The molecule has 6 rings (SSSR count). The van der Waals surface area contributed by atoms with Gasteiger partial charge in [-0.25, -0.2) is 4.79 Å². The third-order valence-corrected chi connectivity index (χ3v) is 7.35. The first-order valence-electron chi connectivity index (χ1n) is 13.6. The zero-order chi connectivity index (χ0) is 28.9. The molecule has 3 heterocycles. The maximum atomic E-state index is 14.3. The third-order valence-electron chi connectivity index (χ3n) is 7.35. The third kappa shape index (κ3) is 6.30. The minimum atomic E-state index is -0.791. The van der Waals surface area contributed by atoms with E-state index in [-0.39, 0.29) is 37.6 Å². The van der Waals surface area contributed by atoms with E-state index in [9.17, 15) is 19.2 Å². The van der Waals surface area contributed by atoms with Crippen molar-refractivity contribution < 1.29 is 19.1 Å². The monoisotopic (exact) mass is 552 g/mol. The Morgan fingerprint density at radius 3 is 2.61 bits per heavy atom. The second kappa shape index (κ2) is 12.1. The number of rotatable bonds is 5. The number of aromatic nitrogens is 1. The van der Waals surface area contributed by atoms with Gasteiger partial charge in [0.2, 0.25) is 5.91 Å². The second-order valence-electron chi connectivity index (χ2n) is 10.2. The number of aryl methyl sites for hydroxylation is 2. The summed E-state index contributed by atoms with van der Waals surface area (Å²) in [4.78, 5) is 54.9. The number of nitrogens with one attached hydrogen (secondary N) is 3. The van der Waals surface area contributed by atoms with Crippen LogP contribution >= 0.6 is 0 Å². The van der Waals surface area contributed by atoms with Crippen LogP contribution in [0.5, 0.6) is 0 Å². The zero-order valence-corrected chi connectivity index (χ0v) is 23.0. The van der Waals surface area contributed by atoms with Crippen molar-refractivity contribution >= 4 is 40.4 Å². The maximum absolute atomic E-state index is 14.3. The van der Waals surface area contributed by atoms with Crippen LogP contribution in [0, 0.1) is 13.8 Å². The largest absolute Gasteiger partial charge is 0.449 e. The summed E-state index contributed by atoms with van der Waals surface area (Å²) >= 11 is 0. The smallest absolute Gasteiger partial charge is 0.411 e. The zero-order valence-electron chi connectivity index (χ0n) is 23.0. The van der Waals surface area contributed by atoms with E-state index in [4.69, 9.17) is 4.74 Å². The number of aromatic amines is 1. The summed E-state index contributed by atoms with van der Waals surface area (Å²) in [6.45, 7) is 4.59. The SMILES string of the molecule is Cc1cc2cc(C)c1CCOC(=O)Nc1cccc(c1)CN(CCC=O)C(=O)C2Nc1ccc2cc[nH]c(=O)c2c1. The molecule has 4 aromatic rings. The average molecular weight is 553 g/mol. The number of carbonyl (C=O) groups is 3. The summed E-state index contributed by atoms with van der Waals surface area (Å²) < 4.78 is 5.45. The number of benzene rings is 3. The quantitative estimate of drug-likeness (QED) is 0.299. The predicted octanol–water partition coefficient (Wildman–Crippen LogP) is 5.02. The van der Waals surface area contributed by atoms with Gasteiger partial charge in [-0.15, -0.1) is 0 Å². The molecule has 41 heavy (non-hydrogen) atoms. The van der Waals surface area contributed by atoms with Crippen molar-refractivity contribution in [1.82, 2.24) is 9.88 Å². The molecule has 9 heteroatoms. The number of H-pyrrole nitrogens is 1. The fourth-order valence-corrected chi connectivity index (χ4v) is 5.34. The van der Waals surface area contributed by atoms with Gasteiger partial charge in [0.1, 0.15) is 12.3 Å². The van der Waals surface area contributed by atoms with Gasteiger partial charge in [-0.1, -0.05) is 30.3 Å². The van der Waals surface area contributed by atoms with Crippen molar-refractivity contribution in [3.05, 3.63) is 105 Å². The first kappa shape index (κ1) is 27.6. The summed E-state index contributed by atoms with van der Waals surface area (Å²) in [5.74, 6) is -0.217. The Bertz CT molecular complexity index is 1660. The predicted molar refractivity (Wildman–Crippen MR) is 158 cm³/mol. The Kier molecular flexibility index (Phi) is 8.14. The molecule has 210 valence electrons. The van der Waals surface area contributed by atoms with Gasteiger partial charge in [-0.2, -0.15) is 0 Å². The molecule has 9 nitrogen and oxygen atoms in total. The number of nitrogens with zero attached hydrogens (tertiary/aromatic N) is 1. The van der Waals surface area contributed by atoms with E-state index in [1.54, 1.807) is 35.4 Å². The van der Waals surface area contributed by atoms with Gasteiger partial charge in [0, 0.05) is 48.9 Å². The standard InChI is InChI=1S/C32H32N4O5/c1-20-15-24-16-21(2)27(20)10-14-41-32(40)35-25-6-3-5-22(17-25)19-36(12-4-13-37)31(39)29(24)34-26-8-7-23-9-11-33-30(38)28(23)18-26/h3,5-9,11,13,15-18,29,34H,4,10,12,14,19H2,1-2H3,(H,33,38)(H,35,40). The van der Waals surface area contributed by atoms with E-state index in [1.807, 2.05) is 50.2 Å². The number of pyridine rings is 1.